The van der Waals surface area contributed by atoms with E-state index in [0.29, 0.717) is 6.54 Å². The Bertz CT molecular complexity index is 1610. The Morgan fingerprint density at radius 2 is 1.64 bits per heavy atom. The minimum Gasteiger partial charge on any atom is -0.356 e. The molecule has 0 bridgehead atoms. The van der Waals surface area contributed by atoms with Gasteiger partial charge in [0.15, 0.2) is 30.2 Å². The third kappa shape index (κ3) is 3.57. The maximum absolute atomic E-state index is 5.44. The van der Waals surface area contributed by atoms with Gasteiger partial charge < -0.3 is 9.51 Å². The van der Waals surface area contributed by atoms with Gasteiger partial charge in [0.2, 0.25) is 0 Å². The maximum atomic E-state index is 5.44. The van der Waals surface area contributed by atoms with Gasteiger partial charge in [-0.25, -0.2) is 4.98 Å². The zero-order valence-electron chi connectivity index (χ0n) is 18.5. The average molecular weight is 432 g/mol. The molecular weight excluding hydrogens is 408 g/mol. The number of nitrogens with zero attached hydrogens (tertiary/aromatic N) is 3. The van der Waals surface area contributed by atoms with Crippen LogP contribution < -0.4 is 4.57 Å². The molecule has 0 atom stereocenters. The summed E-state index contributed by atoms with van der Waals surface area (Å²) < 4.78 is 7.54. The molecule has 33 heavy (non-hydrogen) atoms. The number of nitrogens with one attached hydrogen (secondary N) is 1. The van der Waals surface area contributed by atoms with E-state index in [1.165, 1.54) is 22.3 Å². The first kappa shape index (κ1) is 19.4. The lowest BCUT2D eigenvalue weighted by molar-refractivity contribution is -0.687. The molecule has 6 aromatic rings. The van der Waals surface area contributed by atoms with Gasteiger partial charge in [0.25, 0.3) is 0 Å². The molecule has 0 saturated heterocycles. The quantitative estimate of drug-likeness (QED) is 0.349. The number of aromatic nitrogens is 4. The summed E-state index contributed by atoms with van der Waals surface area (Å²) in [7, 11) is 0. The minimum atomic E-state index is 0.631. The van der Waals surface area contributed by atoms with Gasteiger partial charge in [-0.3, -0.25) is 0 Å². The van der Waals surface area contributed by atoms with Crippen LogP contribution in [-0.2, 0) is 6.54 Å². The zero-order chi connectivity index (χ0) is 22.4. The first-order valence-electron chi connectivity index (χ1n) is 11.0. The second-order valence-corrected chi connectivity index (χ2v) is 8.50. The molecule has 0 amide bonds. The van der Waals surface area contributed by atoms with Crippen LogP contribution in [0.4, 0.5) is 0 Å². The smallest absolute Gasteiger partial charge is 0.195 e. The normalized spacial score (nSPS) is 11.5. The summed E-state index contributed by atoms with van der Waals surface area (Å²) in [5.74, 6) is 0.862. The van der Waals surface area contributed by atoms with E-state index in [9.17, 15) is 0 Å². The molecule has 0 spiro atoms. The summed E-state index contributed by atoms with van der Waals surface area (Å²) in [5.41, 5.74) is 9.76. The van der Waals surface area contributed by atoms with Gasteiger partial charge in [-0.15, -0.1) is 0 Å². The number of aromatic amines is 1. The van der Waals surface area contributed by atoms with Crippen molar-refractivity contribution in [1.82, 2.24) is 15.1 Å². The summed E-state index contributed by atoms with van der Waals surface area (Å²) in [6.45, 7) is 4.92. The van der Waals surface area contributed by atoms with Crippen LogP contribution in [0.1, 0.15) is 16.8 Å². The largest absolute Gasteiger partial charge is 0.356 e. The average Bonchev–Trinajstić information content (AvgIpc) is 3.45. The Balaban J connectivity index is 1.28. The Morgan fingerprint density at radius 1 is 0.848 bits per heavy atom. The first-order valence-corrected chi connectivity index (χ1v) is 11.0. The highest BCUT2D eigenvalue weighted by molar-refractivity contribution is 5.80. The maximum Gasteiger partial charge on any atom is 0.195 e. The summed E-state index contributed by atoms with van der Waals surface area (Å²) in [6, 6.07) is 25.1. The molecule has 160 valence electrons. The van der Waals surface area contributed by atoms with Crippen LogP contribution in [0.2, 0.25) is 0 Å². The van der Waals surface area contributed by atoms with E-state index < -0.39 is 0 Å². The van der Waals surface area contributed by atoms with E-state index in [2.05, 4.69) is 77.2 Å². The third-order valence-corrected chi connectivity index (χ3v) is 6.26. The molecule has 0 aliphatic heterocycles. The molecule has 1 N–H and O–H groups in total. The van der Waals surface area contributed by atoms with Crippen molar-refractivity contribution in [3.8, 4) is 22.5 Å². The Morgan fingerprint density at radius 3 is 2.48 bits per heavy atom. The van der Waals surface area contributed by atoms with E-state index in [0.717, 1.165) is 39.1 Å². The monoisotopic (exact) mass is 431 g/mol. The highest BCUT2D eigenvalue weighted by atomic mass is 16.5. The van der Waals surface area contributed by atoms with E-state index in [1.54, 1.807) is 0 Å². The zero-order valence-corrected chi connectivity index (χ0v) is 18.5. The molecule has 0 unspecified atom stereocenters. The molecular formula is C28H23N4O+. The molecule has 5 nitrogen and oxygen atoms in total. The van der Waals surface area contributed by atoms with Gasteiger partial charge in [-0.2, -0.15) is 4.57 Å². The van der Waals surface area contributed by atoms with Gasteiger partial charge in [0.1, 0.15) is 16.9 Å². The van der Waals surface area contributed by atoms with Crippen molar-refractivity contribution in [3.63, 3.8) is 0 Å². The summed E-state index contributed by atoms with van der Waals surface area (Å²) in [5, 5.41) is 5.29. The number of hydrogen-bond acceptors (Lipinski definition) is 3. The van der Waals surface area contributed by atoms with Crippen LogP contribution in [0.5, 0.6) is 0 Å². The van der Waals surface area contributed by atoms with E-state index >= 15 is 0 Å². The lowest BCUT2D eigenvalue weighted by Crippen LogP contribution is -2.33. The highest BCUT2D eigenvalue weighted by Crippen LogP contribution is 2.26. The van der Waals surface area contributed by atoms with Gasteiger partial charge >= 0.3 is 0 Å². The molecule has 3 aromatic carbocycles. The number of hydrogen-bond donors (Lipinski definition) is 1. The van der Waals surface area contributed by atoms with Gasteiger partial charge in [-0.1, -0.05) is 59.8 Å². The Labute approximate surface area is 191 Å². The number of H-pyrrole nitrogens is 1. The fourth-order valence-corrected chi connectivity index (χ4v) is 4.20. The fraction of sp³-hybridized carbons (Fsp3) is 0.107. The molecule has 0 saturated carbocycles. The molecule has 0 aliphatic rings. The summed E-state index contributed by atoms with van der Waals surface area (Å²) in [6.07, 6.45) is 4.10. The van der Waals surface area contributed by atoms with Crippen molar-refractivity contribution in [2.75, 3.05) is 0 Å². The van der Waals surface area contributed by atoms with Crippen LogP contribution in [0.25, 0.3) is 44.5 Å². The van der Waals surface area contributed by atoms with E-state index in [-0.39, 0.29) is 0 Å². The van der Waals surface area contributed by atoms with E-state index in [1.807, 2.05) is 36.5 Å². The van der Waals surface area contributed by atoms with Crippen LogP contribution in [0.15, 0.2) is 89.7 Å². The van der Waals surface area contributed by atoms with Crippen LogP contribution in [-0.4, -0.2) is 15.1 Å². The lowest BCUT2D eigenvalue weighted by Gasteiger charge is -2.06. The minimum absolute atomic E-state index is 0.631. The number of benzene rings is 3. The van der Waals surface area contributed by atoms with Crippen LogP contribution in [0.3, 0.4) is 0 Å². The number of para-hydroxylation sites is 1. The Hall–Kier alpha value is -4.25. The number of aryl methyl sites for hydroxylation is 2. The van der Waals surface area contributed by atoms with Crippen molar-refractivity contribution in [2.45, 2.75) is 20.4 Å². The molecule has 0 fully saturated rings. The topological polar surface area (TPSA) is 58.6 Å². The second kappa shape index (κ2) is 7.71. The predicted molar refractivity (Wildman–Crippen MR) is 130 cm³/mol. The number of rotatable bonds is 4. The van der Waals surface area contributed by atoms with Crippen molar-refractivity contribution in [2.24, 2.45) is 0 Å². The number of fused-ring (bicyclic) bond motifs is 2. The van der Waals surface area contributed by atoms with Crippen molar-refractivity contribution < 1.29 is 9.09 Å². The lowest BCUT2D eigenvalue weighted by atomic mass is 9.99. The summed E-state index contributed by atoms with van der Waals surface area (Å²) >= 11 is 0. The van der Waals surface area contributed by atoms with Crippen LogP contribution in [0, 0.1) is 13.8 Å². The van der Waals surface area contributed by atoms with Crippen molar-refractivity contribution in [3.05, 3.63) is 102 Å². The van der Waals surface area contributed by atoms with Crippen molar-refractivity contribution in [1.29, 1.82) is 0 Å². The third-order valence-electron chi connectivity index (χ3n) is 6.26. The molecule has 0 aliphatic carbocycles. The first-order chi connectivity index (χ1) is 16.1. The van der Waals surface area contributed by atoms with E-state index in [4.69, 9.17) is 9.51 Å². The molecule has 3 heterocycles. The van der Waals surface area contributed by atoms with Gasteiger partial charge in [-0.05, 0) is 48.2 Å². The molecule has 6 rings (SSSR count). The fourth-order valence-electron chi connectivity index (χ4n) is 4.20. The standard InChI is InChI=1S/C28H22N4O/c1-18-7-8-22(15-19(18)2)20-9-11-21(12-10-20)28-29-24-13-14-32(17-26(24)30-28)16-25-23-5-3-4-6-27(23)33-31-25/h3-15,17H,16H2,1-2H3/p+1. The van der Waals surface area contributed by atoms with Gasteiger partial charge in [0, 0.05) is 11.6 Å². The second-order valence-electron chi connectivity index (χ2n) is 8.50. The van der Waals surface area contributed by atoms with Crippen molar-refractivity contribution >= 4 is 22.0 Å². The predicted octanol–water partition coefficient (Wildman–Crippen LogP) is 5.99. The SMILES string of the molecule is Cc1ccc(-c2ccc(-c3nc4cc[n+](Cc5noc6ccccc56)cc4[nH]3)cc2)cc1C. The van der Waals surface area contributed by atoms with Gasteiger partial charge in [0.05, 0.1) is 5.39 Å². The molecule has 3 aromatic heterocycles. The highest BCUT2D eigenvalue weighted by Gasteiger charge is 2.15. The number of imidazole rings is 1. The number of pyridine rings is 1. The summed E-state index contributed by atoms with van der Waals surface area (Å²) in [4.78, 5) is 8.27. The molecule has 0 radical (unpaired) electrons. The molecule has 5 heteroatoms. The Kier molecular flexibility index (Phi) is 4.54. The van der Waals surface area contributed by atoms with Crippen LogP contribution >= 0.6 is 0 Å².